The molecule has 2 aliphatic rings. The number of likely N-dealkylation sites (N-methyl/N-ethyl adjacent to an activating group) is 1. The largest absolute Gasteiger partial charge is 0.365 e. The van der Waals surface area contributed by atoms with Crippen LogP contribution in [0.3, 0.4) is 0 Å². The number of Topliss-reactive ketones (excluding diaryl/α,β-unsaturated/α-hetero) is 1. The highest BCUT2D eigenvalue weighted by molar-refractivity contribution is 9.18. The molecule has 1 saturated heterocycles. The van der Waals surface area contributed by atoms with Gasteiger partial charge in [-0.05, 0) is 36.5 Å². The van der Waals surface area contributed by atoms with Crippen molar-refractivity contribution in [3.63, 3.8) is 0 Å². The number of nitrogens with zero attached hydrogens (tertiary/aromatic N) is 4. The lowest BCUT2D eigenvalue weighted by molar-refractivity contribution is -0.553. The highest BCUT2D eigenvalue weighted by Gasteiger charge is 2.55. The second-order valence-electron chi connectivity index (χ2n) is 6.23. The summed E-state index contributed by atoms with van der Waals surface area (Å²) in [6.45, 7) is 3.11. The SMILES string of the molecule is CC(=O)C(C)[N+]1=C(Br)N=C2C1C(=O)N(Cc1ccc(F)cc1)C(=O)N2C. The van der Waals surface area contributed by atoms with Gasteiger partial charge in [0.2, 0.25) is 0 Å². The molecule has 2 atom stereocenters. The van der Waals surface area contributed by atoms with Gasteiger partial charge >= 0.3 is 10.8 Å². The lowest BCUT2D eigenvalue weighted by Crippen LogP contribution is -2.63. The minimum absolute atomic E-state index is 0.00593. The third-order valence-electron chi connectivity index (χ3n) is 4.56. The van der Waals surface area contributed by atoms with E-state index in [1.165, 1.54) is 43.1 Å². The molecule has 0 aliphatic carbocycles. The van der Waals surface area contributed by atoms with E-state index in [2.05, 4.69) is 20.9 Å². The van der Waals surface area contributed by atoms with E-state index in [1.807, 2.05) is 0 Å². The monoisotopic (exact) mass is 423 g/mol. The number of imide groups is 1. The van der Waals surface area contributed by atoms with Crippen LogP contribution in [0, 0.1) is 5.82 Å². The Kier molecular flexibility index (Phi) is 4.74. The molecule has 0 aromatic heterocycles. The van der Waals surface area contributed by atoms with Gasteiger partial charge in [-0.3, -0.25) is 19.4 Å². The van der Waals surface area contributed by atoms with Crippen LogP contribution in [0.25, 0.3) is 0 Å². The molecule has 0 N–H and O–H groups in total. The van der Waals surface area contributed by atoms with Crippen molar-refractivity contribution in [2.75, 3.05) is 7.05 Å². The molecular formula is C17H17BrFN4O3+. The Bertz CT molecular complexity index is 865. The Labute approximate surface area is 157 Å². The van der Waals surface area contributed by atoms with Gasteiger partial charge in [0, 0.05) is 7.05 Å². The maximum atomic E-state index is 13.1. The zero-order valence-corrected chi connectivity index (χ0v) is 16.0. The van der Waals surface area contributed by atoms with Gasteiger partial charge in [-0.25, -0.2) is 13.8 Å². The van der Waals surface area contributed by atoms with Crippen molar-refractivity contribution >= 4 is 44.2 Å². The number of amidine groups is 2. The van der Waals surface area contributed by atoms with E-state index < -0.39 is 29.8 Å². The zero-order valence-electron chi connectivity index (χ0n) is 14.4. The van der Waals surface area contributed by atoms with Crippen LogP contribution in [0.15, 0.2) is 29.3 Å². The molecular weight excluding hydrogens is 407 g/mol. The maximum Gasteiger partial charge on any atom is 0.365 e. The summed E-state index contributed by atoms with van der Waals surface area (Å²) < 4.78 is 15.0. The first-order chi connectivity index (χ1) is 12.2. The highest BCUT2D eigenvalue weighted by Crippen LogP contribution is 2.24. The number of fused-ring (bicyclic) bond motifs is 1. The van der Waals surface area contributed by atoms with Crippen molar-refractivity contribution < 1.29 is 23.3 Å². The normalized spacial score (nSPS) is 21.1. The fourth-order valence-electron chi connectivity index (χ4n) is 2.95. The second kappa shape index (κ2) is 6.71. The molecule has 0 radical (unpaired) electrons. The van der Waals surface area contributed by atoms with Crippen LogP contribution in [-0.2, 0) is 16.1 Å². The van der Waals surface area contributed by atoms with Crippen LogP contribution in [-0.4, -0.2) is 61.8 Å². The van der Waals surface area contributed by atoms with Crippen molar-refractivity contribution in [1.29, 1.82) is 0 Å². The topological polar surface area (TPSA) is 73.1 Å². The average Bonchev–Trinajstić information content (AvgIpc) is 2.95. The van der Waals surface area contributed by atoms with Gasteiger partial charge in [-0.2, -0.15) is 0 Å². The van der Waals surface area contributed by atoms with Crippen LogP contribution in [0.5, 0.6) is 0 Å². The van der Waals surface area contributed by atoms with Crippen molar-refractivity contribution in [1.82, 2.24) is 9.80 Å². The van der Waals surface area contributed by atoms with E-state index >= 15 is 0 Å². The van der Waals surface area contributed by atoms with E-state index in [0.717, 1.165) is 4.90 Å². The molecule has 26 heavy (non-hydrogen) atoms. The van der Waals surface area contributed by atoms with Crippen LogP contribution in [0.2, 0.25) is 0 Å². The number of carbonyl (C=O) groups excluding carboxylic acids is 3. The molecule has 1 fully saturated rings. The van der Waals surface area contributed by atoms with E-state index in [4.69, 9.17) is 0 Å². The number of halogens is 2. The first kappa shape index (κ1) is 18.4. The first-order valence-corrected chi connectivity index (χ1v) is 8.75. The highest BCUT2D eigenvalue weighted by atomic mass is 79.9. The van der Waals surface area contributed by atoms with Crippen molar-refractivity contribution in [3.8, 4) is 0 Å². The Morgan fingerprint density at radius 1 is 1.35 bits per heavy atom. The molecule has 136 valence electrons. The first-order valence-electron chi connectivity index (χ1n) is 7.95. The predicted molar refractivity (Wildman–Crippen MR) is 95.7 cm³/mol. The fourth-order valence-corrected chi connectivity index (χ4v) is 3.64. The number of carbonyl (C=O) groups is 3. The number of hydrogen-bond acceptors (Lipinski definition) is 4. The number of rotatable bonds is 4. The van der Waals surface area contributed by atoms with Crippen molar-refractivity contribution in [2.45, 2.75) is 32.5 Å². The number of benzene rings is 1. The Morgan fingerprint density at radius 2 is 1.96 bits per heavy atom. The molecule has 2 heterocycles. The molecule has 2 unspecified atom stereocenters. The maximum absolute atomic E-state index is 13.1. The molecule has 0 saturated carbocycles. The molecule has 7 nitrogen and oxygen atoms in total. The van der Waals surface area contributed by atoms with E-state index in [-0.39, 0.29) is 18.2 Å². The third-order valence-corrected chi connectivity index (χ3v) is 5.15. The van der Waals surface area contributed by atoms with Crippen LogP contribution >= 0.6 is 15.9 Å². The van der Waals surface area contributed by atoms with Crippen LogP contribution in [0.4, 0.5) is 9.18 Å². The lowest BCUT2D eigenvalue weighted by atomic mass is 10.1. The Morgan fingerprint density at radius 3 is 2.54 bits per heavy atom. The van der Waals surface area contributed by atoms with E-state index in [1.54, 1.807) is 11.5 Å². The summed E-state index contributed by atoms with van der Waals surface area (Å²) in [6, 6.07) is 3.61. The van der Waals surface area contributed by atoms with E-state index in [0.29, 0.717) is 10.3 Å². The average molecular weight is 424 g/mol. The number of aliphatic imine (C=N–C) groups is 1. The van der Waals surface area contributed by atoms with Gasteiger partial charge in [0.1, 0.15) is 5.82 Å². The van der Waals surface area contributed by atoms with Crippen molar-refractivity contribution in [2.24, 2.45) is 4.99 Å². The zero-order chi connectivity index (χ0) is 19.2. The lowest BCUT2D eigenvalue weighted by Gasteiger charge is -2.33. The standard InChI is InChI=1S/C17H17BrFN4O3/c1-9(10(2)24)23-13-14(20-16(23)18)21(3)17(26)22(15(13)25)8-11-4-6-12(19)7-5-11/h4-7,9,13H,8H2,1-3H3/q+1. The number of hydrogen-bond donors (Lipinski definition) is 0. The van der Waals surface area contributed by atoms with Gasteiger partial charge in [-0.1, -0.05) is 12.1 Å². The summed E-state index contributed by atoms with van der Waals surface area (Å²) in [6.07, 6.45) is 0. The van der Waals surface area contributed by atoms with Gasteiger partial charge < -0.3 is 0 Å². The number of urea groups is 1. The second-order valence-corrected chi connectivity index (χ2v) is 6.94. The molecule has 1 aromatic carbocycles. The van der Waals surface area contributed by atoms with Crippen LogP contribution in [0.1, 0.15) is 19.4 Å². The van der Waals surface area contributed by atoms with Crippen LogP contribution < -0.4 is 0 Å². The minimum Gasteiger partial charge on any atom is -0.295 e. The van der Waals surface area contributed by atoms with Gasteiger partial charge in [0.25, 0.3) is 17.8 Å². The van der Waals surface area contributed by atoms with Gasteiger partial charge in [0.05, 0.1) is 22.5 Å². The Hall–Kier alpha value is -2.42. The van der Waals surface area contributed by atoms with Gasteiger partial charge in [0.15, 0.2) is 11.8 Å². The molecule has 1 aromatic rings. The van der Waals surface area contributed by atoms with E-state index in [9.17, 15) is 18.8 Å². The molecule has 0 bridgehead atoms. The smallest absolute Gasteiger partial charge is 0.295 e. The molecule has 9 heteroatoms. The molecule has 3 rings (SSSR count). The molecule has 0 spiro atoms. The fraction of sp³-hybridized carbons (Fsp3) is 0.353. The van der Waals surface area contributed by atoms with Gasteiger partial charge in [-0.15, -0.1) is 0 Å². The summed E-state index contributed by atoms with van der Waals surface area (Å²) >= 11 is 3.29. The Balaban J connectivity index is 1.96. The molecule has 3 amide bonds. The summed E-state index contributed by atoms with van der Waals surface area (Å²) in [5, 5.41) is 0. The van der Waals surface area contributed by atoms with Crippen molar-refractivity contribution in [3.05, 3.63) is 35.6 Å². The minimum atomic E-state index is -0.869. The number of ketones is 1. The third kappa shape index (κ3) is 2.96. The predicted octanol–water partition coefficient (Wildman–Crippen LogP) is 1.74. The number of amides is 3. The molecule has 2 aliphatic heterocycles. The summed E-state index contributed by atoms with van der Waals surface area (Å²) in [5.41, 5.74) is 0.620. The summed E-state index contributed by atoms with van der Waals surface area (Å²) in [4.78, 5) is 44.2. The quantitative estimate of drug-likeness (QED) is 0.546. The summed E-state index contributed by atoms with van der Waals surface area (Å²) in [5.74, 6) is -0.725. The summed E-state index contributed by atoms with van der Waals surface area (Å²) in [7, 11) is 1.53.